The minimum Gasteiger partial charge on any atom is -0.353 e. The van der Waals surface area contributed by atoms with E-state index in [9.17, 15) is 0 Å². The van der Waals surface area contributed by atoms with Gasteiger partial charge in [0.25, 0.3) is 0 Å². The Kier molecular flexibility index (Phi) is 1.30. The third kappa shape index (κ3) is 0.917. The van der Waals surface area contributed by atoms with Gasteiger partial charge in [0.05, 0.1) is 11.0 Å². The molecule has 0 aromatic carbocycles. The molecule has 2 nitrogen and oxygen atoms in total. The van der Waals surface area contributed by atoms with Crippen LogP contribution in [0.25, 0.3) is 17.1 Å². The van der Waals surface area contributed by atoms with E-state index in [2.05, 4.69) is 28.2 Å². The second-order valence-electron chi connectivity index (χ2n) is 3.36. The summed E-state index contributed by atoms with van der Waals surface area (Å²) in [6, 6.07) is 4.04. The van der Waals surface area contributed by atoms with Gasteiger partial charge in [-0.2, -0.15) is 0 Å². The first-order valence-corrected chi connectivity index (χ1v) is 4.57. The molecule has 1 N–H and O–H groups in total. The van der Waals surface area contributed by atoms with Crippen molar-refractivity contribution in [2.75, 3.05) is 0 Å². The van der Waals surface area contributed by atoms with E-state index in [1.54, 1.807) is 0 Å². The molecule has 0 fully saturated rings. The van der Waals surface area contributed by atoms with E-state index in [0.717, 1.165) is 23.9 Å². The van der Waals surface area contributed by atoms with E-state index in [-0.39, 0.29) is 0 Å². The molecule has 0 spiro atoms. The lowest BCUT2D eigenvalue weighted by Gasteiger charge is -2.02. The van der Waals surface area contributed by atoms with Crippen LogP contribution in [-0.2, 0) is 6.42 Å². The summed E-state index contributed by atoms with van der Waals surface area (Å²) < 4.78 is 0. The molecular formula is C11H10N2. The van der Waals surface area contributed by atoms with Crippen LogP contribution in [-0.4, -0.2) is 9.97 Å². The Morgan fingerprint density at radius 2 is 2.38 bits per heavy atom. The fraction of sp³-hybridized carbons (Fsp3) is 0.182. The molecule has 0 saturated carbocycles. The SMILES string of the molecule is C1=Cc2[nH]c3cccnc3c2CC1. The summed E-state index contributed by atoms with van der Waals surface area (Å²) >= 11 is 0. The highest BCUT2D eigenvalue weighted by Gasteiger charge is 2.11. The average molecular weight is 170 g/mol. The molecule has 2 heterocycles. The number of H-pyrrole nitrogens is 1. The summed E-state index contributed by atoms with van der Waals surface area (Å²) in [6.07, 6.45) is 8.46. The van der Waals surface area contributed by atoms with E-state index in [0.29, 0.717) is 0 Å². The number of pyridine rings is 1. The number of aryl methyl sites for hydroxylation is 1. The van der Waals surface area contributed by atoms with Crippen LogP contribution in [0.3, 0.4) is 0 Å². The molecule has 0 radical (unpaired) electrons. The number of rotatable bonds is 0. The van der Waals surface area contributed by atoms with Crippen LogP contribution in [0.5, 0.6) is 0 Å². The van der Waals surface area contributed by atoms with Crippen LogP contribution in [0, 0.1) is 0 Å². The van der Waals surface area contributed by atoms with E-state index in [1.165, 1.54) is 11.3 Å². The van der Waals surface area contributed by atoms with Gasteiger partial charge in [-0.3, -0.25) is 4.98 Å². The third-order valence-electron chi connectivity index (χ3n) is 2.53. The van der Waals surface area contributed by atoms with Crippen LogP contribution < -0.4 is 0 Å². The highest BCUT2D eigenvalue weighted by Crippen LogP contribution is 2.25. The van der Waals surface area contributed by atoms with Crippen molar-refractivity contribution in [2.45, 2.75) is 12.8 Å². The molecule has 64 valence electrons. The summed E-state index contributed by atoms with van der Waals surface area (Å²) in [5.41, 5.74) is 4.90. The van der Waals surface area contributed by atoms with Crippen molar-refractivity contribution in [2.24, 2.45) is 0 Å². The van der Waals surface area contributed by atoms with Crippen molar-refractivity contribution in [1.82, 2.24) is 9.97 Å². The van der Waals surface area contributed by atoms with Crippen LogP contribution in [0.15, 0.2) is 24.4 Å². The van der Waals surface area contributed by atoms with Crippen molar-refractivity contribution in [3.8, 4) is 0 Å². The first-order chi connectivity index (χ1) is 6.45. The Morgan fingerprint density at radius 3 is 3.38 bits per heavy atom. The van der Waals surface area contributed by atoms with Crippen LogP contribution in [0.1, 0.15) is 17.7 Å². The van der Waals surface area contributed by atoms with Crippen LogP contribution in [0.4, 0.5) is 0 Å². The fourth-order valence-corrected chi connectivity index (χ4v) is 1.92. The quantitative estimate of drug-likeness (QED) is 0.646. The number of nitrogens with one attached hydrogen (secondary N) is 1. The molecule has 1 aliphatic rings. The number of allylic oxidation sites excluding steroid dienone is 1. The maximum atomic E-state index is 4.39. The number of hydrogen-bond acceptors (Lipinski definition) is 1. The minimum absolute atomic E-state index is 1.11. The topological polar surface area (TPSA) is 28.7 Å². The minimum atomic E-state index is 1.11. The van der Waals surface area contributed by atoms with Gasteiger partial charge in [-0.25, -0.2) is 0 Å². The van der Waals surface area contributed by atoms with Gasteiger partial charge in [-0.1, -0.05) is 6.08 Å². The lowest BCUT2D eigenvalue weighted by Crippen LogP contribution is -1.90. The molecule has 2 aromatic rings. The number of fused-ring (bicyclic) bond motifs is 3. The van der Waals surface area contributed by atoms with Crippen molar-refractivity contribution < 1.29 is 0 Å². The Hall–Kier alpha value is -1.57. The fourth-order valence-electron chi connectivity index (χ4n) is 1.92. The standard InChI is InChI=1S/C11H10N2/c1-2-5-9-8(4-1)11-10(13-9)6-3-7-12-11/h2-3,5-7,13H,1,4H2. The Bertz CT molecular complexity index is 480. The first-order valence-electron chi connectivity index (χ1n) is 4.57. The Morgan fingerprint density at radius 1 is 1.38 bits per heavy atom. The maximum absolute atomic E-state index is 4.39. The maximum Gasteiger partial charge on any atom is 0.0917 e. The second-order valence-corrected chi connectivity index (χ2v) is 3.36. The molecule has 0 unspecified atom stereocenters. The van der Waals surface area contributed by atoms with E-state index in [1.807, 2.05) is 12.3 Å². The number of nitrogens with zero attached hydrogens (tertiary/aromatic N) is 1. The van der Waals surface area contributed by atoms with Crippen molar-refractivity contribution in [1.29, 1.82) is 0 Å². The molecular weight excluding hydrogens is 160 g/mol. The summed E-state index contributed by atoms with van der Waals surface area (Å²) in [7, 11) is 0. The van der Waals surface area contributed by atoms with E-state index in [4.69, 9.17) is 0 Å². The lowest BCUT2D eigenvalue weighted by molar-refractivity contribution is 0.988. The summed E-state index contributed by atoms with van der Waals surface area (Å²) in [6.45, 7) is 0. The van der Waals surface area contributed by atoms with Crippen LogP contribution >= 0.6 is 0 Å². The lowest BCUT2D eigenvalue weighted by atomic mass is 10.0. The summed E-state index contributed by atoms with van der Waals surface area (Å²) in [5.74, 6) is 0. The zero-order valence-electron chi connectivity index (χ0n) is 7.25. The Balaban J connectivity index is 2.41. The molecule has 0 atom stereocenters. The van der Waals surface area contributed by atoms with Gasteiger partial charge in [0, 0.05) is 17.5 Å². The van der Waals surface area contributed by atoms with E-state index >= 15 is 0 Å². The molecule has 0 saturated heterocycles. The molecule has 1 aliphatic carbocycles. The van der Waals surface area contributed by atoms with Gasteiger partial charge in [-0.05, 0) is 31.1 Å². The number of hydrogen-bond donors (Lipinski definition) is 1. The van der Waals surface area contributed by atoms with Gasteiger partial charge >= 0.3 is 0 Å². The van der Waals surface area contributed by atoms with Gasteiger partial charge in [0.15, 0.2) is 0 Å². The van der Waals surface area contributed by atoms with Gasteiger partial charge in [0.1, 0.15) is 0 Å². The molecule has 0 bridgehead atoms. The molecule has 0 aliphatic heterocycles. The highest BCUT2D eigenvalue weighted by molar-refractivity contribution is 5.84. The number of aromatic nitrogens is 2. The van der Waals surface area contributed by atoms with E-state index < -0.39 is 0 Å². The highest BCUT2D eigenvalue weighted by atomic mass is 14.8. The van der Waals surface area contributed by atoms with Crippen LogP contribution in [0.2, 0.25) is 0 Å². The largest absolute Gasteiger partial charge is 0.353 e. The van der Waals surface area contributed by atoms with Crippen molar-refractivity contribution in [3.63, 3.8) is 0 Å². The normalized spacial score (nSPS) is 14.8. The smallest absolute Gasteiger partial charge is 0.0917 e. The molecule has 2 heteroatoms. The van der Waals surface area contributed by atoms with Gasteiger partial charge in [-0.15, -0.1) is 0 Å². The van der Waals surface area contributed by atoms with Gasteiger partial charge < -0.3 is 4.98 Å². The molecule has 13 heavy (non-hydrogen) atoms. The summed E-state index contributed by atoms with van der Waals surface area (Å²) in [5, 5.41) is 0. The molecule has 3 rings (SSSR count). The Labute approximate surface area is 76.3 Å². The predicted octanol–water partition coefficient (Wildman–Crippen LogP) is 2.52. The van der Waals surface area contributed by atoms with Gasteiger partial charge in [0.2, 0.25) is 0 Å². The predicted molar refractivity (Wildman–Crippen MR) is 53.4 cm³/mol. The monoisotopic (exact) mass is 170 g/mol. The number of aromatic amines is 1. The van der Waals surface area contributed by atoms with Crippen molar-refractivity contribution >= 4 is 17.1 Å². The zero-order valence-corrected chi connectivity index (χ0v) is 7.25. The molecule has 2 aromatic heterocycles. The zero-order chi connectivity index (χ0) is 8.67. The second kappa shape index (κ2) is 2.46. The first kappa shape index (κ1) is 6.89. The summed E-state index contributed by atoms with van der Waals surface area (Å²) in [4.78, 5) is 7.76. The average Bonchev–Trinajstić information content (AvgIpc) is 2.56. The third-order valence-corrected chi connectivity index (χ3v) is 2.53. The molecule has 0 amide bonds. The van der Waals surface area contributed by atoms with Crippen molar-refractivity contribution in [3.05, 3.63) is 35.7 Å².